The zero-order valence-electron chi connectivity index (χ0n) is 12.1. The molecule has 3 rings (SSSR count). The Kier molecular flexibility index (Phi) is 4.41. The predicted octanol–water partition coefficient (Wildman–Crippen LogP) is 5.16. The van der Waals surface area contributed by atoms with E-state index >= 15 is 0 Å². The van der Waals surface area contributed by atoms with Crippen molar-refractivity contribution < 1.29 is 9.18 Å². The molecule has 6 heteroatoms. The number of anilines is 1. The normalized spacial score (nSPS) is 10.6. The highest BCUT2D eigenvalue weighted by Crippen LogP contribution is 2.29. The van der Waals surface area contributed by atoms with Crippen molar-refractivity contribution in [2.75, 3.05) is 5.32 Å². The van der Waals surface area contributed by atoms with Crippen LogP contribution in [0, 0.1) is 12.7 Å². The van der Waals surface area contributed by atoms with E-state index in [0.717, 1.165) is 10.6 Å². The Hall–Kier alpha value is -2.24. The van der Waals surface area contributed by atoms with Gasteiger partial charge in [0, 0.05) is 11.3 Å². The molecule has 0 unspecified atom stereocenters. The van der Waals surface area contributed by atoms with Crippen molar-refractivity contribution >= 4 is 34.5 Å². The minimum Gasteiger partial charge on any atom is -0.321 e. The number of hydrogen-bond acceptors (Lipinski definition) is 3. The fraction of sp³-hybridized carbons (Fsp3) is 0.0588. The fourth-order valence-corrected chi connectivity index (χ4v) is 3.15. The Morgan fingerprint density at radius 1 is 1.22 bits per heavy atom. The molecule has 0 spiro atoms. The van der Waals surface area contributed by atoms with Gasteiger partial charge in [-0.2, -0.15) is 0 Å². The van der Waals surface area contributed by atoms with E-state index < -0.39 is 5.82 Å². The highest BCUT2D eigenvalue weighted by atomic mass is 35.5. The molecule has 0 radical (unpaired) electrons. The number of nitrogens with one attached hydrogen (secondary N) is 1. The molecule has 0 saturated carbocycles. The quantitative estimate of drug-likeness (QED) is 0.711. The van der Waals surface area contributed by atoms with Crippen LogP contribution in [0.2, 0.25) is 5.02 Å². The van der Waals surface area contributed by atoms with Crippen LogP contribution in [0.25, 0.3) is 11.3 Å². The van der Waals surface area contributed by atoms with E-state index in [1.54, 1.807) is 0 Å². The number of benzene rings is 2. The third kappa shape index (κ3) is 3.41. The molecule has 0 atom stereocenters. The highest BCUT2D eigenvalue weighted by molar-refractivity contribution is 7.14. The van der Waals surface area contributed by atoms with Crippen molar-refractivity contribution in [2.24, 2.45) is 0 Å². The molecule has 0 aliphatic heterocycles. The predicted molar refractivity (Wildman–Crippen MR) is 91.7 cm³/mol. The number of halogens is 2. The third-order valence-electron chi connectivity index (χ3n) is 3.17. The van der Waals surface area contributed by atoms with Gasteiger partial charge in [-0.05, 0) is 25.1 Å². The molecule has 1 heterocycles. The number of thiazole rings is 1. The zero-order chi connectivity index (χ0) is 16.4. The van der Waals surface area contributed by atoms with Crippen LogP contribution < -0.4 is 5.32 Å². The Labute approximate surface area is 141 Å². The molecule has 3 nitrogen and oxygen atoms in total. The molecule has 3 aromatic rings. The van der Waals surface area contributed by atoms with Crippen LogP contribution >= 0.6 is 22.9 Å². The third-order valence-corrected chi connectivity index (χ3v) is 4.42. The summed E-state index contributed by atoms with van der Waals surface area (Å²) in [6.07, 6.45) is 0. The molecule has 0 aliphatic carbocycles. The first kappa shape index (κ1) is 15.6. The summed E-state index contributed by atoms with van der Waals surface area (Å²) in [6.45, 7) is 1.85. The second-order valence-electron chi connectivity index (χ2n) is 4.86. The van der Waals surface area contributed by atoms with Crippen LogP contribution in [-0.2, 0) is 0 Å². The summed E-state index contributed by atoms with van der Waals surface area (Å²) in [5, 5.41) is 3.49. The van der Waals surface area contributed by atoms with Crippen LogP contribution in [0.4, 0.5) is 10.1 Å². The smallest absolute Gasteiger partial charge is 0.268 e. The maximum absolute atomic E-state index is 13.2. The molecule has 1 amide bonds. The number of carbonyl (C=O) groups excluding carboxylic acids is 1. The molecule has 1 aromatic heterocycles. The van der Waals surface area contributed by atoms with Gasteiger partial charge in [0.25, 0.3) is 5.91 Å². The molecule has 0 saturated heterocycles. The Balaban J connectivity index is 1.92. The summed E-state index contributed by atoms with van der Waals surface area (Å²) in [4.78, 5) is 17.5. The first-order valence-electron chi connectivity index (χ1n) is 6.84. The molecule has 23 heavy (non-hydrogen) atoms. The van der Waals surface area contributed by atoms with Gasteiger partial charge in [-0.15, -0.1) is 11.3 Å². The summed E-state index contributed by atoms with van der Waals surface area (Å²) in [5.41, 5.74) is 1.95. The van der Waals surface area contributed by atoms with E-state index in [4.69, 9.17) is 11.6 Å². The number of amides is 1. The van der Waals surface area contributed by atoms with Crippen LogP contribution in [0.1, 0.15) is 14.7 Å². The summed E-state index contributed by atoms with van der Waals surface area (Å²) in [5.74, 6) is -0.819. The lowest BCUT2D eigenvalue weighted by Crippen LogP contribution is -2.11. The lowest BCUT2D eigenvalue weighted by Gasteiger charge is -2.06. The monoisotopic (exact) mass is 346 g/mol. The SMILES string of the molecule is Cc1nc(-c2ccccc2)c(C(=O)Nc2ccc(F)c(Cl)c2)s1. The molecule has 0 fully saturated rings. The van der Waals surface area contributed by atoms with E-state index in [1.165, 1.54) is 29.5 Å². The van der Waals surface area contributed by atoms with Gasteiger partial charge in [0.05, 0.1) is 15.7 Å². The number of aromatic nitrogens is 1. The first-order valence-corrected chi connectivity index (χ1v) is 8.03. The van der Waals surface area contributed by atoms with Gasteiger partial charge >= 0.3 is 0 Å². The Morgan fingerprint density at radius 2 is 1.96 bits per heavy atom. The average Bonchev–Trinajstić information content (AvgIpc) is 2.94. The minimum atomic E-state index is -0.525. The lowest BCUT2D eigenvalue weighted by atomic mass is 10.1. The molecule has 0 aliphatic rings. The van der Waals surface area contributed by atoms with Gasteiger partial charge in [0.1, 0.15) is 10.7 Å². The maximum Gasteiger partial charge on any atom is 0.268 e. The van der Waals surface area contributed by atoms with Gasteiger partial charge in [-0.25, -0.2) is 9.37 Å². The maximum atomic E-state index is 13.2. The first-order chi connectivity index (χ1) is 11.0. The Bertz CT molecular complexity index is 864. The largest absolute Gasteiger partial charge is 0.321 e. The fourth-order valence-electron chi connectivity index (χ4n) is 2.13. The molecular weight excluding hydrogens is 335 g/mol. The van der Waals surface area contributed by atoms with Gasteiger partial charge in [0.2, 0.25) is 0 Å². The van der Waals surface area contributed by atoms with Crippen molar-refractivity contribution in [3.63, 3.8) is 0 Å². The molecule has 1 N–H and O–H groups in total. The van der Waals surface area contributed by atoms with Gasteiger partial charge < -0.3 is 5.32 Å². The summed E-state index contributed by atoms with van der Waals surface area (Å²) >= 11 is 7.05. The number of nitrogens with zero attached hydrogens (tertiary/aromatic N) is 1. The van der Waals surface area contributed by atoms with E-state index in [-0.39, 0.29) is 10.9 Å². The van der Waals surface area contributed by atoms with E-state index in [1.807, 2.05) is 37.3 Å². The number of rotatable bonds is 3. The average molecular weight is 347 g/mol. The van der Waals surface area contributed by atoms with E-state index in [2.05, 4.69) is 10.3 Å². The zero-order valence-corrected chi connectivity index (χ0v) is 13.7. The molecule has 116 valence electrons. The van der Waals surface area contributed by atoms with Crippen LogP contribution in [0.5, 0.6) is 0 Å². The lowest BCUT2D eigenvalue weighted by molar-refractivity contribution is 0.103. The van der Waals surface area contributed by atoms with Crippen molar-refractivity contribution in [1.29, 1.82) is 0 Å². The van der Waals surface area contributed by atoms with Crippen LogP contribution in [-0.4, -0.2) is 10.9 Å². The van der Waals surface area contributed by atoms with Crippen molar-refractivity contribution in [3.05, 3.63) is 69.3 Å². The number of hydrogen-bond donors (Lipinski definition) is 1. The number of aryl methyl sites for hydroxylation is 1. The minimum absolute atomic E-state index is 0.0356. The second-order valence-corrected chi connectivity index (χ2v) is 6.47. The van der Waals surface area contributed by atoms with E-state index in [9.17, 15) is 9.18 Å². The van der Waals surface area contributed by atoms with Crippen LogP contribution in [0.15, 0.2) is 48.5 Å². The van der Waals surface area contributed by atoms with Gasteiger partial charge in [0.15, 0.2) is 0 Å². The van der Waals surface area contributed by atoms with Crippen LogP contribution in [0.3, 0.4) is 0 Å². The number of carbonyl (C=O) groups is 1. The topological polar surface area (TPSA) is 42.0 Å². The second kappa shape index (κ2) is 6.48. The van der Waals surface area contributed by atoms with E-state index in [0.29, 0.717) is 16.3 Å². The summed E-state index contributed by atoms with van der Waals surface area (Å²) in [7, 11) is 0. The molecule has 0 bridgehead atoms. The van der Waals surface area contributed by atoms with Gasteiger partial charge in [-0.3, -0.25) is 4.79 Å². The molecular formula is C17H12ClFN2OS. The summed E-state index contributed by atoms with van der Waals surface area (Å²) < 4.78 is 13.2. The Morgan fingerprint density at radius 3 is 2.65 bits per heavy atom. The standard InChI is InChI=1S/C17H12ClFN2OS/c1-10-20-15(11-5-3-2-4-6-11)16(23-10)17(22)21-12-7-8-14(19)13(18)9-12/h2-9H,1H3,(H,21,22). The molecule has 2 aromatic carbocycles. The van der Waals surface area contributed by atoms with Crippen molar-refractivity contribution in [1.82, 2.24) is 4.98 Å². The highest BCUT2D eigenvalue weighted by Gasteiger charge is 2.18. The summed E-state index contributed by atoms with van der Waals surface area (Å²) in [6, 6.07) is 13.6. The van der Waals surface area contributed by atoms with Crippen molar-refractivity contribution in [3.8, 4) is 11.3 Å². The van der Waals surface area contributed by atoms with Crippen molar-refractivity contribution in [2.45, 2.75) is 6.92 Å². The van der Waals surface area contributed by atoms with Gasteiger partial charge in [-0.1, -0.05) is 41.9 Å².